The van der Waals surface area contributed by atoms with Gasteiger partial charge in [-0.15, -0.1) is 0 Å². The van der Waals surface area contributed by atoms with Crippen LogP contribution in [0.15, 0.2) is 0 Å². The van der Waals surface area contributed by atoms with Gasteiger partial charge in [0.1, 0.15) is 6.23 Å². The second-order valence-electron chi connectivity index (χ2n) is 8.01. The third kappa shape index (κ3) is 15.2. The Balaban J connectivity index is 4.73. The van der Waals surface area contributed by atoms with Crippen LogP contribution in [0.3, 0.4) is 0 Å². The summed E-state index contributed by atoms with van der Waals surface area (Å²) in [6.07, 6.45) is 6.14. The number of rotatable bonds is 22. The molecule has 0 saturated carbocycles. The molecule has 3 unspecified atom stereocenters. The largest absolute Gasteiger partial charge is 0.367 e. The van der Waals surface area contributed by atoms with Gasteiger partial charge < -0.3 is 23.7 Å². The lowest BCUT2D eigenvalue weighted by Crippen LogP contribution is -2.39. The second-order valence-corrected chi connectivity index (χ2v) is 11.5. The quantitative estimate of drug-likeness (QED) is 0.146. The smallest absolute Gasteiger partial charge is 0.180 e. The topological polar surface area (TPSA) is 49.4 Å². The van der Waals surface area contributed by atoms with E-state index in [2.05, 4.69) is 53.4 Å². The fourth-order valence-electron chi connectivity index (χ4n) is 2.95. The average molecular weight is 484 g/mol. The summed E-state index contributed by atoms with van der Waals surface area (Å²) in [7, 11) is 2.95. The van der Waals surface area contributed by atoms with Gasteiger partial charge in [0.15, 0.2) is 11.1 Å². The van der Waals surface area contributed by atoms with Crippen LogP contribution < -0.4 is 0 Å². The van der Waals surface area contributed by atoms with Gasteiger partial charge in [-0.25, -0.2) is 0 Å². The summed E-state index contributed by atoms with van der Waals surface area (Å²) in [5, 5.41) is 0. The minimum Gasteiger partial charge on any atom is -0.367 e. The molecule has 0 bridgehead atoms. The van der Waals surface area contributed by atoms with Crippen LogP contribution in [0.2, 0.25) is 0 Å². The molecule has 0 aromatic carbocycles. The van der Waals surface area contributed by atoms with E-state index in [-0.39, 0.29) is 6.23 Å². The highest BCUT2D eigenvalue weighted by Crippen LogP contribution is 2.36. The van der Waals surface area contributed by atoms with Gasteiger partial charge in [0, 0.05) is 20.2 Å². The van der Waals surface area contributed by atoms with E-state index >= 15 is 0 Å². The van der Waals surface area contributed by atoms with Gasteiger partial charge in [0.05, 0.1) is 26.4 Å². The molecule has 0 amide bonds. The first kappa shape index (κ1) is 31.6. The highest BCUT2D eigenvalue weighted by atomic mass is 31.1. The fraction of sp³-hybridized carbons (Fsp3) is 1.00. The van der Waals surface area contributed by atoms with Crippen LogP contribution in [0.5, 0.6) is 0 Å². The maximum absolute atomic E-state index is 6.06. The Bertz CT molecular complexity index is 369. The molecule has 31 heavy (non-hydrogen) atoms. The van der Waals surface area contributed by atoms with Crippen molar-refractivity contribution in [3.8, 4) is 0 Å². The lowest BCUT2D eigenvalue weighted by molar-refractivity contribution is -0.162. The van der Waals surface area contributed by atoms with E-state index in [0.29, 0.717) is 17.2 Å². The molecule has 0 aliphatic heterocycles. The molecular formula is C23H51NO5P2. The predicted octanol–water partition coefficient (Wildman–Crippen LogP) is 5.69. The Labute approximate surface area is 196 Å². The average Bonchev–Trinajstić information content (AvgIpc) is 2.77. The lowest BCUT2D eigenvalue weighted by Gasteiger charge is -2.34. The zero-order valence-corrected chi connectivity index (χ0v) is 23.6. The Morgan fingerprint density at radius 3 is 1.26 bits per heavy atom. The standard InChI is InChI=1S/C23H51NO5P2/c1-9-15-26-22(6,27-16-10-2)30-19-13-24(21(5)25-8)14-20-31-23(7,28-17-11-3)29-18-12-4/h21,30-31H,9-20H2,1-8H3. The molecule has 0 aliphatic rings. The molecule has 0 spiro atoms. The van der Waals surface area contributed by atoms with E-state index in [1.54, 1.807) is 7.11 Å². The second kappa shape index (κ2) is 19.0. The molecule has 8 heteroatoms. The van der Waals surface area contributed by atoms with E-state index in [1.165, 1.54) is 0 Å². The molecule has 0 rings (SSSR count). The van der Waals surface area contributed by atoms with Crippen molar-refractivity contribution < 1.29 is 23.7 Å². The summed E-state index contributed by atoms with van der Waals surface area (Å²) in [6, 6.07) is 0. The Hall–Kier alpha value is 0.620. The van der Waals surface area contributed by atoms with Crippen LogP contribution >= 0.6 is 17.2 Å². The van der Waals surface area contributed by atoms with Gasteiger partial charge in [-0.2, -0.15) is 0 Å². The molecule has 0 saturated heterocycles. The van der Waals surface area contributed by atoms with Crippen LogP contribution in [0.25, 0.3) is 0 Å². The number of nitrogens with zero attached hydrogens (tertiary/aromatic N) is 1. The fourth-order valence-corrected chi connectivity index (χ4v) is 5.48. The van der Waals surface area contributed by atoms with Gasteiger partial charge in [-0.3, -0.25) is 4.90 Å². The van der Waals surface area contributed by atoms with Crippen molar-refractivity contribution in [1.82, 2.24) is 4.90 Å². The first-order valence-electron chi connectivity index (χ1n) is 12.1. The minimum absolute atomic E-state index is 0.0772. The molecule has 3 atom stereocenters. The molecule has 0 aromatic heterocycles. The molecular weight excluding hydrogens is 432 g/mol. The molecule has 0 radical (unpaired) electrons. The number of hydrogen-bond acceptors (Lipinski definition) is 6. The van der Waals surface area contributed by atoms with Gasteiger partial charge in [0.25, 0.3) is 0 Å². The van der Waals surface area contributed by atoms with Crippen molar-refractivity contribution in [1.29, 1.82) is 0 Å². The van der Waals surface area contributed by atoms with E-state index < -0.39 is 11.1 Å². The first-order chi connectivity index (χ1) is 14.8. The van der Waals surface area contributed by atoms with E-state index in [9.17, 15) is 0 Å². The maximum Gasteiger partial charge on any atom is 0.180 e. The Kier molecular flexibility index (Phi) is 19.4. The van der Waals surface area contributed by atoms with Crippen molar-refractivity contribution in [3.63, 3.8) is 0 Å². The van der Waals surface area contributed by atoms with Crippen LogP contribution in [0.4, 0.5) is 0 Å². The molecule has 0 heterocycles. The van der Waals surface area contributed by atoms with Gasteiger partial charge in [-0.1, -0.05) is 44.9 Å². The Morgan fingerprint density at radius 2 is 1.00 bits per heavy atom. The normalized spacial score (nSPS) is 14.6. The highest BCUT2D eigenvalue weighted by Gasteiger charge is 2.27. The third-order valence-electron chi connectivity index (χ3n) is 4.87. The Morgan fingerprint density at radius 1 is 0.677 bits per heavy atom. The number of ether oxygens (including phenoxy) is 5. The van der Waals surface area contributed by atoms with Gasteiger partial charge >= 0.3 is 0 Å². The summed E-state index contributed by atoms with van der Waals surface area (Å²) < 4.78 is 29.9. The van der Waals surface area contributed by atoms with Crippen LogP contribution in [-0.2, 0) is 23.7 Å². The zero-order valence-electron chi connectivity index (χ0n) is 21.6. The zero-order chi connectivity index (χ0) is 23.6. The predicted molar refractivity (Wildman–Crippen MR) is 136 cm³/mol. The van der Waals surface area contributed by atoms with Crippen molar-refractivity contribution in [2.45, 2.75) is 91.4 Å². The SMILES string of the molecule is CCCOC(C)(OCCC)PCCN(CCPC(C)(OCCC)OCCC)C(C)OC. The summed E-state index contributed by atoms with van der Waals surface area (Å²) in [5.74, 6) is 0. The van der Waals surface area contributed by atoms with Crippen molar-refractivity contribution >= 4 is 17.2 Å². The molecule has 6 nitrogen and oxygen atoms in total. The van der Waals surface area contributed by atoms with Crippen LogP contribution in [0, 0.1) is 0 Å². The van der Waals surface area contributed by atoms with Gasteiger partial charge in [-0.05, 0) is 58.8 Å². The minimum atomic E-state index is -0.476. The van der Waals surface area contributed by atoms with E-state index in [0.717, 1.165) is 77.5 Å². The van der Waals surface area contributed by atoms with Gasteiger partial charge in [0.2, 0.25) is 0 Å². The van der Waals surface area contributed by atoms with Crippen molar-refractivity contribution in [3.05, 3.63) is 0 Å². The van der Waals surface area contributed by atoms with Crippen molar-refractivity contribution in [2.75, 3.05) is 59.0 Å². The molecule has 188 valence electrons. The van der Waals surface area contributed by atoms with Crippen LogP contribution in [-0.4, -0.2) is 81.1 Å². The highest BCUT2D eigenvalue weighted by molar-refractivity contribution is 7.39. The lowest BCUT2D eigenvalue weighted by atomic mass is 10.4. The molecule has 0 fully saturated rings. The summed E-state index contributed by atoms with van der Waals surface area (Å²) >= 11 is 0. The van der Waals surface area contributed by atoms with Crippen molar-refractivity contribution in [2.24, 2.45) is 0 Å². The molecule has 0 aliphatic carbocycles. The monoisotopic (exact) mass is 483 g/mol. The van der Waals surface area contributed by atoms with E-state index in [4.69, 9.17) is 23.7 Å². The number of methoxy groups -OCH3 is 1. The summed E-state index contributed by atoms with van der Waals surface area (Å²) in [4.78, 5) is 2.40. The third-order valence-corrected chi connectivity index (χ3v) is 7.68. The number of hydrogen-bond donors (Lipinski definition) is 0. The first-order valence-corrected chi connectivity index (χ1v) is 14.5. The molecule has 0 N–H and O–H groups in total. The van der Waals surface area contributed by atoms with E-state index in [1.807, 2.05) is 0 Å². The maximum atomic E-state index is 6.06. The van der Waals surface area contributed by atoms with Crippen LogP contribution in [0.1, 0.15) is 74.1 Å². The summed E-state index contributed by atoms with van der Waals surface area (Å²) in [5.41, 5.74) is -0.952. The molecule has 0 aromatic rings. The summed E-state index contributed by atoms with van der Waals surface area (Å²) in [6.45, 7) is 19.7.